The van der Waals surface area contributed by atoms with E-state index in [1.807, 2.05) is 19.1 Å². The van der Waals surface area contributed by atoms with Crippen molar-refractivity contribution in [2.45, 2.75) is 44.2 Å². The molecule has 0 fully saturated rings. The molecule has 2 N–H and O–H groups in total. The van der Waals surface area contributed by atoms with Crippen LogP contribution in [0.4, 0.5) is 13.2 Å². The summed E-state index contributed by atoms with van der Waals surface area (Å²) in [5.74, 6) is -0.0333. The van der Waals surface area contributed by atoms with Gasteiger partial charge >= 0.3 is 6.18 Å². The third kappa shape index (κ3) is 4.32. The minimum Gasteiger partial charge on any atom is -0.598 e. The topological polar surface area (TPSA) is 77.4 Å². The van der Waals surface area contributed by atoms with Gasteiger partial charge in [0.05, 0.1) is 12.3 Å². The fourth-order valence-corrected chi connectivity index (χ4v) is 4.02. The molecule has 0 spiro atoms. The van der Waals surface area contributed by atoms with Crippen molar-refractivity contribution in [2.24, 2.45) is 0 Å². The van der Waals surface area contributed by atoms with E-state index >= 15 is 0 Å². The number of aliphatic hydroxyl groups excluding tert-OH is 1. The standard InChI is InChI=1S/C22H25F3N2O3S/c1-13-6-8-15(9-7-13)18-19-16(10-17(26-18)14(2)11-28)21(12-30-19,22(23,24)25)27-31(29)20(3,4)5/h6-10,27-28H,2,11-12H2,1,3-5H3/t21-,31+/m0/s1. The van der Waals surface area contributed by atoms with Crippen LogP contribution in [0.1, 0.15) is 37.6 Å². The summed E-state index contributed by atoms with van der Waals surface area (Å²) in [4.78, 5) is 4.44. The van der Waals surface area contributed by atoms with Gasteiger partial charge in [0.2, 0.25) is 5.54 Å². The summed E-state index contributed by atoms with van der Waals surface area (Å²) >= 11 is -2.04. The van der Waals surface area contributed by atoms with E-state index in [1.54, 1.807) is 32.9 Å². The molecular formula is C22H25F3N2O3S. The minimum atomic E-state index is -4.82. The molecule has 1 aliphatic heterocycles. The van der Waals surface area contributed by atoms with E-state index in [-0.39, 0.29) is 28.3 Å². The van der Waals surface area contributed by atoms with Crippen LogP contribution in [-0.2, 0) is 16.9 Å². The quantitative estimate of drug-likeness (QED) is 0.660. The molecule has 2 atom stereocenters. The first-order valence-electron chi connectivity index (χ1n) is 9.61. The number of aryl methyl sites for hydroxylation is 1. The molecule has 0 saturated heterocycles. The van der Waals surface area contributed by atoms with E-state index in [2.05, 4.69) is 16.3 Å². The first kappa shape index (κ1) is 23.6. The second kappa shape index (κ2) is 8.12. The van der Waals surface area contributed by atoms with Crippen LogP contribution in [0.5, 0.6) is 5.75 Å². The molecule has 31 heavy (non-hydrogen) atoms. The average molecular weight is 455 g/mol. The molecule has 0 amide bonds. The molecule has 2 heterocycles. The second-order valence-corrected chi connectivity index (χ2v) is 10.5. The van der Waals surface area contributed by atoms with Gasteiger partial charge in [-0.25, -0.2) is 4.98 Å². The zero-order valence-corrected chi connectivity index (χ0v) is 18.6. The fraction of sp³-hybridized carbons (Fsp3) is 0.409. The van der Waals surface area contributed by atoms with Crippen molar-refractivity contribution >= 4 is 16.9 Å². The Morgan fingerprint density at radius 3 is 2.42 bits per heavy atom. The number of aliphatic hydroxyl groups is 1. The maximum absolute atomic E-state index is 14.5. The normalized spacial score (nSPS) is 19.6. The monoisotopic (exact) mass is 454 g/mol. The van der Waals surface area contributed by atoms with Crippen LogP contribution in [0.25, 0.3) is 16.8 Å². The Balaban J connectivity index is 2.27. The number of aromatic nitrogens is 1. The van der Waals surface area contributed by atoms with Gasteiger partial charge in [0.25, 0.3) is 0 Å². The predicted octanol–water partition coefficient (Wildman–Crippen LogP) is 4.26. The lowest BCUT2D eigenvalue weighted by atomic mass is 9.90. The molecule has 2 aromatic rings. The SMILES string of the molecule is C=C(CO)c1cc2c(c(-c3ccc(C)cc3)n1)OC[C@@]2(N[S@+]([O-])C(C)(C)C)C(F)(F)F. The minimum absolute atomic E-state index is 0.0333. The van der Waals surface area contributed by atoms with Crippen LogP contribution in [0, 0.1) is 6.92 Å². The number of pyridine rings is 1. The molecule has 1 aromatic heterocycles. The molecule has 0 bridgehead atoms. The molecular weight excluding hydrogens is 429 g/mol. The van der Waals surface area contributed by atoms with E-state index in [1.165, 1.54) is 6.07 Å². The summed E-state index contributed by atoms with van der Waals surface area (Å²) in [6, 6.07) is 8.31. The number of alkyl halides is 3. The number of benzene rings is 1. The Morgan fingerprint density at radius 2 is 1.90 bits per heavy atom. The molecule has 168 valence electrons. The van der Waals surface area contributed by atoms with Crippen molar-refractivity contribution in [1.82, 2.24) is 9.71 Å². The van der Waals surface area contributed by atoms with Gasteiger partial charge in [-0.2, -0.15) is 13.2 Å². The van der Waals surface area contributed by atoms with Crippen molar-refractivity contribution in [3.63, 3.8) is 0 Å². The molecule has 1 aliphatic rings. The van der Waals surface area contributed by atoms with E-state index in [0.29, 0.717) is 5.56 Å². The summed E-state index contributed by atoms with van der Waals surface area (Å²) in [6.45, 7) is 9.09. The van der Waals surface area contributed by atoms with Gasteiger partial charge in [0, 0.05) is 22.5 Å². The van der Waals surface area contributed by atoms with Gasteiger partial charge in [0.1, 0.15) is 17.0 Å². The zero-order valence-electron chi connectivity index (χ0n) is 17.8. The number of ether oxygens (including phenoxy) is 1. The number of nitrogens with zero attached hydrogens (tertiary/aromatic N) is 1. The summed E-state index contributed by atoms with van der Waals surface area (Å²) in [7, 11) is 0. The van der Waals surface area contributed by atoms with Gasteiger partial charge < -0.3 is 14.4 Å². The smallest absolute Gasteiger partial charge is 0.418 e. The highest BCUT2D eigenvalue weighted by atomic mass is 32.2. The first-order chi connectivity index (χ1) is 14.3. The van der Waals surface area contributed by atoms with Crippen LogP contribution < -0.4 is 9.46 Å². The Morgan fingerprint density at radius 1 is 1.29 bits per heavy atom. The lowest BCUT2D eigenvalue weighted by Gasteiger charge is -2.35. The third-order valence-corrected chi connectivity index (χ3v) is 6.70. The van der Waals surface area contributed by atoms with E-state index in [9.17, 15) is 22.8 Å². The Hall–Kier alpha value is -2.07. The molecule has 9 heteroatoms. The zero-order chi connectivity index (χ0) is 23.2. The van der Waals surface area contributed by atoms with E-state index < -0.39 is 41.0 Å². The number of nitrogens with one attached hydrogen (secondary N) is 1. The van der Waals surface area contributed by atoms with Crippen molar-refractivity contribution in [2.75, 3.05) is 13.2 Å². The van der Waals surface area contributed by atoms with Gasteiger partial charge in [-0.05, 0) is 39.3 Å². The number of fused-ring (bicyclic) bond motifs is 1. The summed E-state index contributed by atoms with van der Waals surface area (Å²) in [5.41, 5.74) is -0.916. The van der Waals surface area contributed by atoms with Crippen molar-refractivity contribution in [1.29, 1.82) is 0 Å². The Kier molecular flexibility index (Phi) is 6.18. The fourth-order valence-electron chi connectivity index (χ4n) is 3.11. The lowest BCUT2D eigenvalue weighted by molar-refractivity contribution is -0.196. The highest BCUT2D eigenvalue weighted by Gasteiger charge is 2.65. The van der Waals surface area contributed by atoms with Crippen LogP contribution in [-0.4, -0.2) is 38.8 Å². The maximum atomic E-state index is 14.5. The number of hydrogen-bond donors (Lipinski definition) is 2. The Bertz CT molecular complexity index is 987. The van der Waals surface area contributed by atoms with Crippen LogP contribution in [0.3, 0.4) is 0 Å². The largest absolute Gasteiger partial charge is 0.598 e. The highest BCUT2D eigenvalue weighted by Crippen LogP contribution is 2.51. The maximum Gasteiger partial charge on any atom is 0.418 e. The first-order valence-corrected chi connectivity index (χ1v) is 10.8. The molecule has 0 saturated carbocycles. The van der Waals surface area contributed by atoms with Crippen LogP contribution in [0.2, 0.25) is 0 Å². The van der Waals surface area contributed by atoms with Crippen LogP contribution in [0.15, 0.2) is 36.9 Å². The lowest BCUT2D eigenvalue weighted by Crippen LogP contribution is -2.60. The molecule has 0 aliphatic carbocycles. The van der Waals surface area contributed by atoms with Gasteiger partial charge in [-0.3, -0.25) is 0 Å². The van der Waals surface area contributed by atoms with Crippen molar-refractivity contribution in [3.05, 3.63) is 53.7 Å². The number of halogens is 3. The second-order valence-electron chi connectivity index (χ2n) is 8.54. The van der Waals surface area contributed by atoms with Crippen LogP contribution >= 0.6 is 0 Å². The summed E-state index contributed by atoms with van der Waals surface area (Å²) in [5, 5.41) is 9.52. The molecule has 1 aromatic carbocycles. The molecule has 5 nitrogen and oxygen atoms in total. The van der Waals surface area contributed by atoms with E-state index in [0.717, 1.165) is 5.56 Å². The number of hydrogen-bond acceptors (Lipinski definition) is 5. The summed E-state index contributed by atoms with van der Waals surface area (Å²) in [6.07, 6.45) is -4.82. The van der Waals surface area contributed by atoms with Gasteiger partial charge in [-0.15, -0.1) is 4.72 Å². The average Bonchev–Trinajstić information content (AvgIpc) is 3.06. The number of rotatable bonds is 5. The molecule has 3 rings (SSSR count). The highest BCUT2D eigenvalue weighted by molar-refractivity contribution is 7.90. The van der Waals surface area contributed by atoms with Crippen molar-refractivity contribution < 1.29 is 27.6 Å². The van der Waals surface area contributed by atoms with Crippen molar-refractivity contribution in [3.8, 4) is 17.0 Å². The van der Waals surface area contributed by atoms with E-state index in [4.69, 9.17) is 4.74 Å². The molecule has 0 unspecified atom stereocenters. The molecule has 0 radical (unpaired) electrons. The predicted molar refractivity (Wildman–Crippen MR) is 115 cm³/mol. The Labute approximate surface area is 182 Å². The third-order valence-electron chi connectivity index (χ3n) is 5.05. The summed E-state index contributed by atoms with van der Waals surface area (Å²) < 4.78 is 63.1. The van der Waals surface area contributed by atoms with Gasteiger partial charge in [-0.1, -0.05) is 36.4 Å². The van der Waals surface area contributed by atoms with Gasteiger partial charge in [0.15, 0.2) is 5.75 Å².